The molecule has 0 aliphatic carbocycles. The molecule has 0 saturated carbocycles. The summed E-state index contributed by atoms with van der Waals surface area (Å²) in [6.07, 6.45) is 0. The third-order valence-corrected chi connectivity index (χ3v) is 6.28. The molecule has 9 heteroatoms. The number of furan rings is 1. The largest absolute Gasteiger partial charge is 0.442 e. The van der Waals surface area contributed by atoms with Gasteiger partial charge in [-0.25, -0.2) is 18.1 Å². The maximum Gasteiger partial charge on any atom is 0.274 e. The van der Waals surface area contributed by atoms with Crippen molar-refractivity contribution < 1.29 is 20.5 Å². The third kappa shape index (κ3) is 4.44. The van der Waals surface area contributed by atoms with Crippen molar-refractivity contribution in [1.82, 2.24) is 9.71 Å². The van der Waals surface area contributed by atoms with E-state index in [1.54, 1.807) is 19.9 Å². The van der Waals surface area contributed by atoms with Crippen LogP contribution in [-0.4, -0.2) is 19.3 Å². The molecule has 1 aromatic carbocycles. The predicted octanol–water partition coefficient (Wildman–Crippen LogP) is 4.20. The summed E-state index contributed by atoms with van der Waals surface area (Å²) < 4.78 is 33.4. The molecule has 3 aromatic rings. The molecule has 7 nitrogen and oxygen atoms in total. The minimum absolute atomic E-state index is 0. The molecule has 0 bridgehead atoms. The van der Waals surface area contributed by atoms with E-state index in [1.165, 1.54) is 24.3 Å². The number of carbonyl (C=O) groups excluding carboxylic acids is 1. The molecule has 0 saturated heterocycles. The predicted molar refractivity (Wildman–Crippen MR) is 108 cm³/mol. The van der Waals surface area contributed by atoms with Gasteiger partial charge in [0.1, 0.15) is 5.76 Å². The van der Waals surface area contributed by atoms with Crippen LogP contribution < -0.4 is 10.0 Å². The van der Waals surface area contributed by atoms with Crippen molar-refractivity contribution in [2.75, 3.05) is 5.32 Å². The number of nitrogens with zero attached hydrogens (tertiary/aromatic N) is 1. The number of hydrogen-bond donors (Lipinski definition) is 2. The highest BCUT2D eigenvalue weighted by Crippen LogP contribution is 2.34. The van der Waals surface area contributed by atoms with Crippen LogP contribution in [-0.2, 0) is 14.8 Å². The van der Waals surface area contributed by atoms with Gasteiger partial charge in [-0.2, -0.15) is 0 Å². The Morgan fingerprint density at radius 3 is 2.59 bits per heavy atom. The van der Waals surface area contributed by atoms with E-state index in [4.69, 9.17) is 4.42 Å². The number of aromatic nitrogens is 1. The first-order valence-corrected chi connectivity index (χ1v) is 10.5. The lowest BCUT2D eigenvalue weighted by Gasteiger charge is -2.13. The second kappa shape index (κ2) is 7.63. The van der Waals surface area contributed by atoms with Crippen LogP contribution in [0.25, 0.3) is 10.6 Å². The fourth-order valence-electron chi connectivity index (χ4n) is 2.52. The molecular weight excluding hydrogens is 386 g/mol. The van der Waals surface area contributed by atoms with E-state index in [2.05, 4.69) is 15.0 Å². The lowest BCUT2D eigenvalue weighted by atomic mass is 10.1. The lowest BCUT2D eigenvalue weighted by Crippen LogP contribution is -2.26. The minimum atomic E-state index is -3.82. The number of benzene rings is 1. The van der Waals surface area contributed by atoms with Crippen LogP contribution in [0.15, 0.2) is 52.0 Å². The van der Waals surface area contributed by atoms with Crippen LogP contribution >= 0.6 is 11.3 Å². The molecule has 0 unspecified atom stereocenters. The second-order valence-electron chi connectivity index (χ2n) is 5.99. The van der Waals surface area contributed by atoms with Crippen molar-refractivity contribution in [3.63, 3.8) is 0 Å². The molecule has 3 rings (SSSR count). The quantitative estimate of drug-likeness (QED) is 0.635. The molecule has 0 aliphatic heterocycles. The van der Waals surface area contributed by atoms with Crippen molar-refractivity contribution in [3.8, 4) is 10.6 Å². The SMILES string of the molecule is CC(=O)Nc1nc(C)c(-c2ccc(S(=O)(=O)N[C@H](C)c3ccccc3)o2)s1.[HH].[HH]. The van der Waals surface area contributed by atoms with Crippen molar-refractivity contribution in [2.24, 2.45) is 0 Å². The van der Waals surface area contributed by atoms with Crippen LogP contribution in [0.2, 0.25) is 0 Å². The van der Waals surface area contributed by atoms with E-state index < -0.39 is 16.1 Å². The molecule has 2 N–H and O–H groups in total. The molecule has 1 amide bonds. The van der Waals surface area contributed by atoms with E-state index in [9.17, 15) is 13.2 Å². The average Bonchev–Trinajstić information content (AvgIpc) is 3.22. The van der Waals surface area contributed by atoms with Crippen molar-refractivity contribution in [3.05, 3.63) is 53.7 Å². The van der Waals surface area contributed by atoms with Gasteiger partial charge in [0.05, 0.1) is 10.6 Å². The highest BCUT2D eigenvalue weighted by molar-refractivity contribution is 7.89. The molecule has 1 atom stereocenters. The Bertz CT molecular complexity index is 1070. The summed E-state index contributed by atoms with van der Waals surface area (Å²) in [7, 11) is -3.82. The first kappa shape index (κ1) is 19.3. The van der Waals surface area contributed by atoms with Gasteiger partial charge in [-0.15, -0.1) is 0 Å². The van der Waals surface area contributed by atoms with E-state index in [0.717, 1.165) is 5.56 Å². The first-order valence-electron chi connectivity index (χ1n) is 8.19. The number of aryl methyl sites for hydroxylation is 1. The van der Waals surface area contributed by atoms with E-state index in [1.807, 2.05) is 30.3 Å². The average molecular weight is 410 g/mol. The smallest absolute Gasteiger partial charge is 0.274 e. The fourth-order valence-corrected chi connectivity index (χ4v) is 4.65. The van der Waals surface area contributed by atoms with Gasteiger partial charge in [0.15, 0.2) is 5.13 Å². The van der Waals surface area contributed by atoms with Gasteiger partial charge in [-0.3, -0.25) is 4.79 Å². The summed E-state index contributed by atoms with van der Waals surface area (Å²) in [4.78, 5) is 16.1. The highest BCUT2D eigenvalue weighted by atomic mass is 32.2. The van der Waals surface area contributed by atoms with E-state index >= 15 is 0 Å². The molecule has 27 heavy (non-hydrogen) atoms. The summed E-state index contributed by atoms with van der Waals surface area (Å²) in [5, 5.41) is 2.88. The van der Waals surface area contributed by atoms with Gasteiger partial charge in [0, 0.05) is 15.8 Å². The minimum Gasteiger partial charge on any atom is -0.442 e. The number of nitrogens with one attached hydrogen (secondary N) is 2. The Kier molecular flexibility index (Phi) is 5.45. The maximum absolute atomic E-state index is 12.6. The first-order chi connectivity index (χ1) is 12.8. The third-order valence-electron chi connectivity index (χ3n) is 3.78. The number of amides is 1. The maximum atomic E-state index is 12.6. The molecule has 2 heterocycles. The zero-order chi connectivity index (χ0) is 19.6. The van der Waals surface area contributed by atoms with Crippen LogP contribution in [0, 0.1) is 6.92 Å². The zero-order valence-electron chi connectivity index (χ0n) is 15.0. The Morgan fingerprint density at radius 1 is 1.22 bits per heavy atom. The zero-order valence-corrected chi connectivity index (χ0v) is 16.6. The van der Waals surface area contributed by atoms with E-state index in [0.29, 0.717) is 21.5 Å². The molecule has 146 valence electrons. The number of carbonyl (C=O) groups is 1. The molecule has 0 spiro atoms. The van der Waals surface area contributed by atoms with Gasteiger partial charge in [-0.1, -0.05) is 41.7 Å². The van der Waals surface area contributed by atoms with Crippen molar-refractivity contribution in [2.45, 2.75) is 31.9 Å². The number of hydrogen-bond acceptors (Lipinski definition) is 6. The Labute approximate surface area is 164 Å². The number of anilines is 1. The summed E-state index contributed by atoms with van der Waals surface area (Å²) in [5.74, 6) is 0.159. The monoisotopic (exact) mass is 409 g/mol. The summed E-state index contributed by atoms with van der Waals surface area (Å²) in [5.41, 5.74) is 1.50. The Hall–Kier alpha value is -2.49. The summed E-state index contributed by atoms with van der Waals surface area (Å²) in [6.45, 7) is 4.93. The number of sulfonamides is 1. The van der Waals surface area contributed by atoms with Crippen molar-refractivity contribution >= 4 is 32.4 Å². The highest BCUT2D eigenvalue weighted by Gasteiger charge is 2.23. The molecule has 0 fully saturated rings. The second-order valence-corrected chi connectivity index (χ2v) is 8.63. The summed E-state index contributed by atoms with van der Waals surface area (Å²) >= 11 is 1.22. The molecular formula is C18H23N3O4S2. The molecule has 0 radical (unpaired) electrons. The van der Waals surface area contributed by atoms with Crippen LogP contribution in [0.5, 0.6) is 0 Å². The molecule has 2 aromatic heterocycles. The van der Waals surface area contributed by atoms with Gasteiger partial charge in [0.25, 0.3) is 10.0 Å². The molecule has 0 aliphatic rings. The normalized spacial score (nSPS) is 12.7. The fraction of sp³-hybridized carbons (Fsp3) is 0.222. The lowest BCUT2D eigenvalue weighted by molar-refractivity contribution is -0.114. The van der Waals surface area contributed by atoms with Gasteiger partial charge in [-0.05, 0) is 31.5 Å². The Balaban J connectivity index is 0.00000210. The summed E-state index contributed by atoms with van der Waals surface area (Å²) in [6, 6.07) is 11.9. The van der Waals surface area contributed by atoms with Crippen molar-refractivity contribution in [1.29, 1.82) is 0 Å². The van der Waals surface area contributed by atoms with Gasteiger partial charge < -0.3 is 9.73 Å². The topological polar surface area (TPSA) is 101 Å². The number of thiazole rings is 1. The van der Waals surface area contributed by atoms with Gasteiger partial charge in [0.2, 0.25) is 11.0 Å². The number of rotatable bonds is 6. The van der Waals surface area contributed by atoms with E-state index in [-0.39, 0.29) is 13.9 Å². The van der Waals surface area contributed by atoms with Crippen LogP contribution in [0.4, 0.5) is 5.13 Å². The standard InChI is InChI=1S/C18H19N3O4S2.2H2/c1-11(14-7-5-4-6-8-14)21-27(23,24)16-10-9-15(25-16)17-12(2)19-18(26-17)20-13(3)22;;/h4-11,21H,1-3H3,(H,19,20,22);2*1H/t11-;;/m1../s1. The van der Waals surface area contributed by atoms with Gasteiger partial charge >= 0.3 is 0 Å². The van der Waals surface area contributed by atoms with Crippen LogP contribution in [0.3, 0.4) is 0 Å². The Morgan fingerprint density at radius 2 is 1.93 bits per heavy atom. The van der Waals surface area contributed by atoms with Crippen LogP contribution in [0.1, 0.15) is 34.0 Å².